The van der Waals surface area contributed by atoms with E-state index in [0.29, 0.717) is 11.6 Å². The standard InChI is InChI=1S/C13H13N3O3/c1-9-4-3-5-11(6-9)19-13-8-10(16(17)18)7-12(14-2)15-13/h3-8H,1-2H3,(H,14,15). The minimum atomic E-state index is -0.481. The summed E-state index contributed by atoms with van der Waals surface area (Å²) in [6, 6.07) is 10.0. The van der Waals surface area contributed by atoms with Crippen LogP contribution in [0, 0.1) is 17.0 Å². The highest BCUT2D eigenvalue weighted by molar-refractivity contribution is 5.48. The molecule has 0 atom stereocenters. The molecule has 0 aliphatic rings. The molecule has 0 saturated carbocycles. The Morgan fingerprint density at radius 3 is 2.74 bits per heavy atom. The van der Waals surface area contributed by atoms with Gasteiger partial charge in [-0.1, -0.05) is 12.1 Å². The Kier molecular flexibility index (Phi) is 3.61. The summed E-state index contributed by atoms with van der Waals surface area (Å²) in [7, 11) is 1.64. The van der Waals surface area contributed by atoms with Gasteiger partial charge in [-0.25, -0.2) is 0 Å². The maximum Gasteiger partial charge on any atom is 0.278 e. The first kappa shape index (κ1) is 12.8. The van der Waals surface area contributed by atoms with Gasteiger partial charge in [0.25, 0.3) is 5.69 Å². The molecule has 98 valence electrons. The first-order chi connectivity index (χ1) is 9.08. The van der Waals surface area contributed by atoms with Gasteiger partial charge >= 0.3 is 0 Å². The fraction of sp³-hybridized carbons (Fsp3) is 0.154. The number of rotatable bonds is 4. The van der Waals surface area contributed by atoms with Crippen molar-refractivity contribution in [1.82, 2.24) is 4.98 Å². The Morgan fingerprint density at radius 2 is 2.11 bits per heavy atom. The normalized spacial score (nSPS) is 10.0. The summed E-state index contributed by atoms with van der Waals surface area (Å²) in [6.45, 7) is 1.94. The van der Waals surface area contributed by atoms with Gasteiger partial charge in [-0.15, -0.1) is 0 Å². The zero-order valence-electron chi connectivity index (χ0n) is 10.6. The molecule has 0 spiro atoms. The summed E-state index contributed by atoms with van der Waals surface area (Å²) < 4.78 is 5.54. The second kappa shape index (κ2) is 5.34. The topological polar surface area (TPSA) is 77.3 Å². The molecule has 2 rings (SSSR count). The lowest BCUT2D eigenvalue weighted by Crippen LogP contribution is -1.98. The molecule has 0 aliphatic heterocycles. The van der Waals surface area contributed by atoms with Gasteiger partial charge in [0.2, 0.25) is 5.88 Å². The van der Waals surface area contributed by atoms with Crippen molar-refractivity contribution in [2.24, 2.45) is 0 Å². The van der Waals surface area contributed by atoms with E-state index in [2.05, 4.69) is 10.3 Å². The van der Waals surface area contributed by atoms with Crippen molar-refractivity contribution in [3.05, 3.63) is 52.1 Å². The molecule has 0 unspecified atom stereocenters. The summed E-state index contributed by atoms with van der Waals surface area (Å²) in [6.07, 6.45) is 0. The van der Waals surface area contributed by atoms with E-state index in [-0.39, 0.29) is 11.6 Å². The molecule has 6 heteroatoms. The number of hydrogen-bond donors (Lipinski definition) is 1. The van der Waals surface area contributed by atoms with Crippen LogP contribution in [0.5, 0.6) is 11.6 Å². The molecule has 2 aromatic rings. The summed E-state index contributed by atoms with van der Waals surface area (Å²) in [5.41, 5.74) is 0.971. The molecule has 1 aromatic carbocycles. The molecular weight excluding hydrogens is 246 g/mol. The minimum absolute atomic E-state index is 0.0676. The maximum atomic E-state index is 10.8. The molecule has 0 radical (unpaired) electrons. The first-order valence-corrected chi connectivity index (χ1v) is 5.67. The lowest BCUT2D eigenvalue weighted by Gasteiger charge is -2.07. The third-order valence-corrected chi connectivity index (χ3v) is 2.47. The van der Waals surface area contributed by atoms with E-state index >= 15 is 0 Å². The van der Waals surface area contributed by atoms with E-state index in [1.807, 2.05) is 25.1 Å². The van der Waals surface area contributed by atoms with Crippen molar-refractivity contribution in [2.45, 2.75) is 6.92 Å². The zero-order chi connectivity index (χ0) is 13.8. The van der Waals surface area contributed by atoms with Crippen LogP contribution in [-0.4, -0.2) is 17.0 Å². The molecular formula is C13H13N3O3. The number of nitro groups is 1. The predicted octanol–water partition coefficient (Wildman–Crippen LogP) is 3.13. The second-order valence-corrected chi connectivity index (χ2v) is 3.97. The van der Waals surface area contributed by atoms with Crippen molar-refractivity contribution < 1.29 is 9.66 Å². The van der Waals surface area contributed by atoms with Crippen LogP contribution in [0.1, 0.15) is 5.56 Å². The fourth-order valence-corrected chi connectivity index (χ4v) is 1.58. The Bertz CT molecular complexity index is 614. The fourth-order valence-electron chi connectivity index (χ4n) is 1.58. The minimum Gasteiger partial charge on any atom is -0.439 e. The number of hydrogen-bond acceptors (Lipinski definition) is 5. The number of pyridine rings is 1. The monoisotopic (exact) mass is 259 g/mol. The summed E-state index contributed by atoms with van der Waals surface area (Å²) in [5.74, 6) is 1.16. The van der Waals surface area contributed by atoms with Crippen LogP contribution in [-0.2, 0) is 0 Å². The summed E-state index contributed by atoms with van der Waals surface area (Å²) in [5, 5.41) is 13.6. The summed E-state index contributed by atoms with van der Waals surface area (Å²) >= 11 is 0. The van der Waals surface area contributed by atoms with Gasteiger partial charge in [0.05, 0.1) is 17.1 Å². The van der Waals surface area contributed by atoms with E-state index in [0.717, 1.165) is 5.56 Å². The molecule has 1 heterocycles. The van der Waals surface area contributed by atoms with Crippen LogP contribution in [0.4, 0.5) is 11.5 Å². The highest BCUT2D eigenvalue weighted by Crippen LogP contribution is 2.26. The van der Waals surface area contributed by atoms with Crippen LogP contribution in [0.25, 0.3) is 0 Å². The third-order valence-electron chi connectivity index (χ3n) is 2.47. The van der Waals surface area contributed by atoms with Crippen LogP contribution >= 0.6 is 0 Å². The molecule has 1 aromatic heterocycles. The van der Waals surface area contributed by atoms with Gasteiger partial charge in [-0.05, 0) is 24.6 Å². The highest BCUT2D eigenvalue weighted by atomic mass is 16.6. The number of benzene rings is 1. The second-order valence-electron chi connectivity index (χ2n) is 3.97. The molecule has 19 heavy (non-hydrogen) atoms. The number of aromatic nitrogens is 1. The molecule has 0 aliphatic carbocycles. The zero-order valence-corrected chi connectivity index (χ0v) is 10.6. The smallest absolute Gasteiger partial charge is 0.278 e. The van der Waals surface area contributed by atoms with Crippen molar-refractivity contribution in [3.8, 4) is 11.6 Å². The van der Waals surface area contributed by atoms with E-state index in [1.165, 1.54) is 12.1 Å². The van der Waals surface area contributed by atoms with Gasteiger partial charge in [0.15, 0.2) is 0 Å². The number of ether oxygens (including phenoxy) is 1. The van der Waals surface area contributed by atoms with Crippen molar-refractivity contribution >= 4 is 11.5 Å². The highest BCUT2D eigenvalue weighted by Gasteiger charge is 2.12. The third kappa shape index (κ3) is 3.19. The maximum absolute atomic E-state index is 10.8. The molecule has 1 N–H and O–H groups in total. The van der Waals surface area contributed by atoms with Crippen molar-refractivity contribution in [3.63, 3.8) is 0 Å². The predicted molar refractivity (Wildman–Crippen MR) is 71.7 cm³/mol. The average molecular weight is 259 g/mol. The lowest BCUT2D eigenvalue weighted by atomic mass is 10.2. The van der Waals surface area contributed by atoms with Crippen LogP contribution < -0.4 is 10.1 Å². The number of anilines is 1. The van der Waals surface area contributed by atoms with Crippen LogP contribution in [0.3, 0.4) is 0 Å². The van der Waals surface area contributed by atoms with Crippen molar-refractivity contribution in [1.29, 1.82) is 0 Å². The van der Waals surface area contributed by atoms with Gasteiger partial charge in [-0.3, -0.25) is 10.1 Å². The van der Waals surface area contributed by atoms with E-state index in [1.54, 1.807) is 13.1 Å². The molecule has 6 nitrogen and oxygen atoms in total. The first-order valence-electron chi connectivity index (χ1n) is 5.67. The van der Waals surface area contributed by atoms with Crippen molar-refractivity contribution in [2.75, 3.05) is 12.4 Å². The lowest BCUT2D eigenvalue weighted by molar-refractivity contribution is -0.384. The molecule has 0 saturated heterocycles. The quantitative estimate of drug-likeness (QED) is 0.674. The Hall–Kier alpha value is -2.63. The van der Waals surface area contributed by atoms with Gasteiger partial charge < -0.3 is 10.1 Å². The summed E-state index contributed by atoms with van der Waals surface area (Å²) in [4.78, 5) is 14.5. The number of nitrogens with one attached hydrogen (secondary N) is 1. The molecule has 0 fully saturated rings. The van der Waals surface area contributed by atoms with E-state index < -0.39 is 4.92 Å². The van der Waals surface area contributed by atoms with Gasteiger partial charge in [0.1, 0.15) is 11.6 Å². The Morgan fingerprint density at radius 1 is 1.32 bits per heavy atom. The average Bonchev–Trinajstić information content (AvgIpc) is 2.38. The van der Waals surface area contributed by atoms with Crippen LogP contribution in [0.15, 0.2) is 36.4 Å². The molecule has 0 bridgehead atoms. The Balaban J connectivity index is 2.34. The van der Waals surface area contributed by atoms with E-state index in [9.17, 15) is 10.1 Å². The largest absolute Gasteiger partial charge is 0.439 e. The SMILES string of the molecule is CNc1cc([N+](=O)[O-])cc(Oc2cccc(C)c2)n1. The molecule has 0 amide bonds. The Labute approximate surface area is 110 Å². The van der Waals surface area contributed by atoms with Crippen LogP contribution in [0.2, 0.25) is 0 Å². The van der Waals surface area contributed by atoms with Gasteiger partial charge in [-0.2, -0.15) is 4.98 Å². The van der Waals surface area contributed by atoms with Gasteiger partial charge in [0, 0.05) is 7.05 Å². The number of aryl methyl sites for hydroxylation is 1. The van der Waals surface area contributed by atoms with E-state index in [4.69, 9.17) is 4.74 Å². The number of nitrogens with zero attached hydrogens (tertiary/aromatic N) is 2.